The van der Waals surface area contributed by atoms with Crippen molar-refractivity contribution in [3.8, 4) is 0 Å². The molecule has 0 aliphatic heterocycles. The predicted molar refractivity (Wildman–Crippen MR) is 65.4 cm³/mol. The number of hydrogen-bond acceptors (Lipinski definition) is 2. The lowest BCUT2D eigenvalue weighted by atomic mass is 10.1. The van der Waals surface area contributed by atoms with Crippen LogP contribution in [0.3, 0.4) is 0 Å². The molecule has 0 radical (unpaired) electrons. The molecule has 1 rings (SSSR count). The van der Waals surface area contributed by atoms with Gasteiger partial charge in [0.25, 0.3) is 0 Å². The first-order chi connectivity index (χ1) is 7.77. The topological polar surface area (TPSA) is 34.9 Å². The lowest BCUT2D eigenvalue weighted by molar-refractivity contribution is -0.119. The van der Waals surface area contributed by atoms with Gasteiger partial charge in [-0.3, -0.25) is 4.79 Å². The summed E-state index contributed by atoms with van der Waals surface area (Å²) in [5, 5.41) is 0. The van der Waals surface area contributed by atoms with Crippen LogP contribution in [-0.4, -0.2) is 15.3 Å². The molecule has 0 amide bonds. The lowest BCUT2D eigenvalue weighted by Crippen LogP contribution is -2.04. The Morgan fingerprint density at radius 3 is 2.81 bits per heavy atom. The van der Waals surface area contributed by atoms with Gasteiger partial charge in [0.15, 0.2) is 0 Å². The zero-order valence-corrected chi connectivity index (χ0v) is 10.4. The Bertz CT molecular complexity index is 317. The van der Waals surface area contributed by atoms with E-state index < -0.39 is 0 Å². The predicted octanol–water partition coefficient (Wildman–Crippen LogP) is 2.99. The maximum absolute atomic E-state index is 11.4. The van der Waals surface area contributed by atoms with Gasteiger partial charge in [-0.2, -0.15) is 0 Å². The molecule has 0 spiro atoms. The van der Waals surface area contributed by atoms with Gasteiger partial charge in [0.05, 0.1) is 0 Å². The first-order valence-electron chi connectivity index (χ1n) is 6.29. The molecule has 0 saturated heterocycles. The summed E-state index contributed by atoms with van der Waals surface area (Å²) in [6, 6.07) is 0. The molecule has 0 aliphatic carbocycles. The molecule has 0 atom stereocenters. The maximum Gasteiger partial charge on any atom is 0.132 e. The van der Waals surface area contributed by atoms with Crippen molar-refractivity contribution in [2.45, 2.75) is 58.9 Å². The SMILES string of the molecule is CCCC(=O)CCCc1nccn1CCC. The molecule has 0 N–H and O–H groups in total. The van der Waals surface area contributed by atoms with Crippen LogP contribution in [0.5, 0.6) is 0 Å². The summed E-state index contributed by atoms with van der Waals surface area (Å²) in [6.45, 7) is 5.23. The molecule has 1 aromatic heterocycles. The van der Waals surface area contributed by atoms with Gasteiger partial charge in [0, 0.05) is 38.2 Å². The molecule has 0 unspecified atom stereocenters. The van der Waals surface area contributed by atoms with E-state index in [9.17, 15) is 4.79 Å². The number of carbonyl (C=O) groups is 1. The molecule has 0 saturated carbocycles. The van der Waals surface area contributed by atoms with Crippen molar-refractivity contribution in [3.05, 3.63) is 18.2 Å². The van der Waals surface area contributed by atoms with Gasteiger partial charge in [0.1, 0.15) is 11.6 Å². The fraction of sp³-hybridized carbons (Fsp3) is 0.692. The molecule has 90 valence electrons. The minimum Gasteiger partial charge on any atom is -0.335 e. The number of Topliss-reactive ketones (excluding diaryl/α,β-unsaturated/α-hetero) is 1. The highest BCUT2D eigenvalue weighted by atomic mass is 16.1. The number of hydrogen-bond donors (Lipinski definition) is 0. The second-order valence-corrected chi connectivity index (χ2v) is 4.18. The van der Waals surface area contributed by atoms with E-state index in [1.165, 1.54) is 0 Å². The van der Waals surface area contributed by atoms with Gasteiger partial charge in [-0.15, -0.1) is 0 Å². The van der Waals surface area contributed by atoms with Crippen LogP contribution in [0.25, 0.3) is 0 Å². The molecule has 0 aliphatic rings. The van der Waals surface area contributed by atoms with Crippen LogP contribution in [0.4, 0.5) is 0 Å². The van der Waals surface area contributed by atoms with E-state index in [1.54, 1.807) is 0 Å². The third-order valence-corrected chi connectivity index (χ3v) is 2.65. The molecule has 0 bridgehead atoms. The van der Waals surface area contributed by atoms with Crippen LogP contribution in [0.2, 0.25) is 0 Å². The number of aromatic nitrogens is 2. The molecule has 0 fully saturated rings. The van der Waals surface area contributed by atoms with Crippen LogP contribution in [0.1, 0.15) is 51.8 Å². The highest BCUT2D eigenvalue weighted by Crippen LogP contribution is 2.06. The number of nitrogens with zero attached hydrogens (tertiary/aromatic N) is 2. The summed E-state index contributed by atoms with van der Waals surface area (Å²) in [6.07, 6.45) is 9.23. The van der Waals surface area contributed by atoms with Gasteiger partial charge in [0.2, 0.25) is 0 Å². The second kappa shape index (κ2) is 7.20. The minimum atomic E-state index is 0.385. The van der Waals surface area contributed by atoms with Crippen molar-refractivity contribution >= 4 is 5.78 Å². The standard InChI is InChI=1S/C13H22N2O/c1-3-6-12(16)7-5-8-13-14-9-11-15(13)10-4-2/h9,11H,3-8,10H2,1-2H3. The number of imidazole rings is 1. The first-order valence-corrected chi connectivity index (χ1v) is 6.29. The van der Waals surface area contributed by atoms with Crippen LogP contribution in [0.15, 0.2) is 12.4 Å². The van der Waals surface area contributed by atoms with E-state index in [0.29, 0.717) is 12.2 Å². The molecular weight excluding hydrogens is 200 g/mol. The fourth-order valence-corrected chi connectivity index (χ4v) is 1.86. The van der Waals surface area contributed by atoms with Crippen molar-refractivity contribution in [1.29, 1.82) is 0 Å². The third-order valence-electron chi connectivity index (χ3n) is 2.65. The molecule has 3 nitrogen and oxygen atoms in total. The minimum absolute atomic E-state index is 0.385. The van der Waals surface area contributed by atoms with Crippen LogP contribution in [-0.2, 0) is 17.8 Å². The number of ketones is 1. The summed E-state index contributed by atoms with van der Waals surface area (Å²) in [7, 11) is 0. The van der Waals surface area contributed by atoms with Gasteiger partial charge < -0.3 is 4.57 Å². The average molecular weight is 222 g/mol. The fourth-order valence-electron chi connectivity index (χ4n) is 1.86. The molecule has 0 aromatic carbocycles. The van der Waals surface area contributed by atoms with Crippen molar-refractivity contribution in [2.75, 3.05) is 0 Å². The first kappa shape index (κ1) is 12.9. The Kier molecular flexibility index (Phi) is 5.83. The van der Waals surface area contributed by atoms with E-state index in [-0.39, 0.29) is 0 Å². The van der Waals surface area contributed by atoms with E-state index in [0.717, 1.165) is 44.5 Å². The Balaban J connectivity index is 2.31. The van der Waals surface area contributed by atoms with Crippen molar-refractivity contribution < 1.29 is 4.79 Å². The molecule has 3 heteroatoms. The zero-order valence-electron chi connectivity index (χ0n) is 10.4. The van der Waals surface area contributed by atoms with Crippen molar-refractivity contribution in [2.24, 2.45) is 0 Å². The van der Waals surface area contributed by atoms with Crippen LogP contribution in [0, 0.1) is 0 Å². The third kappa shape index (κ3) is 4.17. The summed E-state index contributed by atoms with van der Waals surface area (Å²) in [4.78, 5) is 15.7. The van der Waals surface area contributed by atoms with E-state index in [1.807, 2.05) is 19.3 Å². The Morgan fingerprint density at radius 1 is 1.31 bits per heavy atom. The summed E-state index contributed by atoms with van der Waals surface area (Å²) in [5.41, 5.74) is 0. The van der Waals surface area contributed by atoms with Gasteiger partial charge >= 0.3 is 0 Å². The smallest absolute Gasteiger partial charge is 0.132 e. The number of carbonyl (C=O) groups excluding carboxylic acids is 1. The van der Waals surface area contributed by atoms with Gasteiger partial charge in [-0.25, -0.2) is 4.98 Å². The Labute approximate surface area is 97.9 Å². The highest BCUT2D eigenvalue weighted by molar-refractivity contribution is 5.78. The van der Waals surface area contributed by atoms with Crippen LogP contribution >= 0.6 is 0 Å². The molecule has 1 aromatic rings. The van der Waals surface area contributed by atoms with Crippen molar-refractivity contribution in [1.82, 2.24) is 9.55 Å². The molecule has 1 heterocycles. The summed E-state index contributed by atoms with van der Waals surface area (Å²) in [5.74, 6) is 1.50. The second-order valence-electron chi connectivity index (χ2n) is 4.18. The highest BCUT2D eigenvalue weighted by Gasteiger charge is 2.04. The largest absolute Gasteiger partial charge is 0.335 e. The molecule has 16 heavy (non-hydrogen) atoms. The Morgan fingerprint density at radius 2 is 2.12 bits per heavy atom. The van der Waals surface area contributed by atoms with Gasteiger partial charge in [-0.05, 0) is 19.3 Å². The van der Waals surface area contributed by atoms with E-state index in [2.05, 4.69) is 16.5 Å². The summed E-state index contributed by atoms with van der Waals surface area (Å²) < 4.78 is 2.18. The number of aryl methyl sites for hydroxylation is 2. The van der Waals surface area contributed by atoms with E-state index >= 15 is 0 Å². The number of rotatable bonds is 8. The molecular formula is C13H22N2O. The van der Waals surface area contributed by atoms with E-state index in [4.69, 9.17) is 0 Å². The zero-order chi connectivity index (χ0) is 11.8. The van der Waals surface area contributed by atoms with Crippen LogP contribution < -0.4 is 0 Å². The maximum atomic E-state index is 11.4. The van der Waals surface area contributed by atoms with Gasteiger partial charge in [-0.1, -0.05) is 13.8 Å². The summed E-state index contributed by atoms with van der Waals surface area (Å²) >= 11 is 0. The normalized spacial score (nSPS) is 10.6. The monoisotopic (exact) mass is 222 g/mol. The Hall–Kier alpha value is -1.12. The lowest BCUT2D eigenvalue weighted by Gasteiger charge is -2.05. The van der Waals surface area contributed by atoms with Crippen molar-refractivity contribution in [3.63, 3.8) is 0 Å². The quantitative estimate of drug-likeness (QED) is 0.677. The average Bonchev–Trinajstić information content (AvgIpc) is 2.67.